The van der Waals surface area contributed by atoms with Crippen LogP contribution in [0.2, 0.25) is 0 Å². The number of benzene rings is 1. The van der Waals surface area contributed by atoms with Crippen LogP contribution in [0.15, 0.2) is 46.3 Å². The summed E-state index contributed by atoms with van der Waals surface area (Å²) in [4.78, 5) is 26.4. The summed E-state index contributed by atoms with van der Waals surface area (Å²) < 4.78 is 6.01. The third kappa shape index (κ3) is 5.16. The van der Waals surface area contributed by atoms with Crippen LogP contribution in [0.1, 0.15) is 28.1 Å². The number of thiophene rings is 1. The van der Waals surface area contributed by atoms with Gasteiger partial charge in [0.05, 0.1) is 3.79 Å². The minimum Gasteiger partial charge on any atom is -0.451 e. The van der Waals surface area contributed by atoms with E-state index in [4.69, 9.17) is 4.74 Å². The Morgan fingerprint density at radius 1 is 1.12 bits per heavy atom. The lowest BCUT2D eigenvalue weighted by atomic mass is 9.90. The van der Waals surface area contributed by atoms with Crippen molar-refractivity contribution in [1.29, 1.82) is 0 Å². The average Bonchev–Trinajstić information content (AvgIpc) is 3.07. The molecule has 0 unspecified atom stereocenters. The maximum absolute atomic E-state index is 12.2. The molecule has 2 heterocycles. The number of esters is 1. The monoisotopic (exact) mass is 421 g/mol. The normalized spacial score (nSPS) is 15.2. The lowest BCUT2D eigenvalue weighted by Gasteiger charge is -2.32. The molecule has 2 aromatic rings. The van der Waals surface area contributed by atoms with E-state index in [0.717, 1.165) is 36.1 Å². The number of likely N-dealkylation sites (tertiary alicyclic amines) is 1. The van der Waals surface area contributed by atoms with Gasteiger partial charge in [-0.3, -0.25) is 4.79 Å². The number of halogens is 1. The predicted octanol–water partition coefficient (Wildman–Crippen LogP) is 4.15. The first kappa shape index (κ1) is 18.1. The highest BCUT2D eigenvalue weighted by Gasteiger charge is 2.24. The van der Waals surface area contributed by atoms with E-state index < -0.39 is 5.97 Å². The van der Waals surface area contributed by atoms with E-state index in [1.807, 2.05) is 6.07 Å². The first-order valence-electron chi connectivity index (χ1n) is 8.36. The molecule has 1 aliphatic heterocycles. The van der Waals surface area contributed by atoms with Crippen LogP contribution in [-0.4, -0.2) is 36.5 Å². The highest BCUT2D eigenvalue weighted by Crippen LogP contribution is 2.23. The van der Waals surface area contributed by atoms with Gasteiger partial charge in [-0.15, -0.1) is 11.3 Å². The van der Waals surface area contributed by atoms with Crippen molar-refractivity contribution in [3.05, 3.63) is 56.7 Å². The van der Waals surface area contributed by atoms with Gasteiger partial charge in [-0.2, -0.15) is 0 Å². The maximum Gasteiger partial charge on any atom is 0.348 e. The number of piperidine rings is 1. The lowest BCUT2D eigenvalue weighted by molar-refractivity contribution is -0.135. The highest BCUT2D eigenvalue weighted by molar-refractivity contribution is 9.11. The van der Waals surface area contributed by atoms with Gasteiger partial charge in [0.2, 0.25) is 0 Å². The molecule has 0 bridgehead atoms. The molecule has 25 heavy (non-hydrogen) atoms. The second-order valence-electron chi connectivity index (χ2n) is 6.19. The van der Waals surface area contributed by atoms with Gasteiger partial charge < -0.3 is 9.64 Å². The molecule has 1 amide bonds. The molecule has 4 nitrogen and oxygen atoms in total. The first-order chi connectivity index (χ1) is 12.1. The molecule has 1 aromatic carbocycles. The summed E-state index contributed by atoms with van der Waals surface area (Å²) >= 11 is 4.61. The summed E-state index contributed by atoms with van der Waals surface area (Å²) in [6, 6.07) is 13.9. The van der Waals surface area contributed by atoms with Gasteiger partial charge in [0.15, 0.2) is 6.61 Å². The molecule has 0 saturated carbocycles. The number of nitrogens with zero attached hydrogens (tertiary/aromatic N) is 1. The summed E-state index contributed by atoms with van der Waals surface area (Å²) in [6.07, 6.45) is 3.05. The molecule has 0 aliphatic carbocycles. The van der Waals surface area contributed by atoms with Crippen molar-refractivity contribution < 1.29 is 14.3 Å². The van der Waals surface area contributed by atoms with E-state index in [1.54, 1.807) is 17.0 Å². The topological polar surface area (TPSA) is 46.6 Å². The molecule has 1 saturated heterocycles. The zero-order valence-corrected chi connectivity index (χ0v) is 16.2. The molecular weight excluding hydrogens is 402 g/mol. The van der Waals surface area contributed by atoms with Crippen LogP contribution in [-0.2, 0) is 16.0 Å². The fraction of sp³-hybridized carbons (Fsp3) is 0.368. The van der Waals surface area contributed by atoms with Crippen LogP contribution in [0.3, 0.4) is 0 Å². The molecule has 0 N–H and O–H groups in total. The Kier molecular flexibility index (Phi) is 6.26. The van der Waals surface area contributed by atoms with E-state index >= 15 is 0 Å². The number of ether oxygens (including phenoxy) is 1. The van der Waals surface area contributed by atoms with Gasteiger partial charge in [0, 0.05) is 13.1 Å². The zero-order chi connectivity index (χ0) is 17.6. The average molecular weight is 422 g/mol. The van der Waals surface area contributed by atoms with E-state index in [1.165, 1.54) is 16.9 Å². The summed E-state index contributed by atoms with van der Waals surface area (Å²) in [5, 5.41) is 0. The van der Waals surface area contributed by atoms with Gasteiger partial charge >= 0.3 is 5.97 Å². The van der Waals surface area contributed by atoms with E-state index in [9.17, 15) is 9.59 Å². The molecule has 1 aliphatic rings. The van der Waals surface area contributed by atoms with Gasteiger partial charge in [-0.1, -0.05) is 30.3 Å². The number of hydrogen-bond donors (Lipinski definition) is 0. The van der Waals surface area contributed by atoms with E-state index in [0.29, 0.717) is 10.8 Å². The van der Waals surface area contributed by atoms with Crippen LogP contribution >= 0.6 is 27.3 Å². The van der Waals surface area contributed by atoms with Crippen LogP contribution in [0, 0.1) is 5.92 Å². The molecule has 132 valence electrons. The maximum atomic E-state index is 12.2. The van der Waals surface area contributed by atoms with E-state index in [-0.39, 0.29) is 12.5 Å². The Bertz CT molecular complexity index is 723. The number of carbonyl (C=O) groups is 2. The second-order valence-corrected chi connectivity index (χ2v) is 8.66. The van der Waals surface area contributed by atoms with Crippen molar-refractivity contribution in [2.45, 2.75) is 19.3 Å². The smallest absolute Gasteiger partial charge is 0.348 e. The van der Waals surface area contributed by atoms with Crippen molar-refractivity contribution in [3.63, 3.8) is 0 Å². The van der Waals surface area contributed by atoms with Crippen LogP contribution in [0.5, 0.6) is 0 Å². The third-order valence-corrected chi connectivity index (χ3v) is 6.04. The number of amides is 1. The van der Waals surface area contributed by atoms with Gasteiger partial charge in [0.1, 0.15) is 4.88 Å². The summed E-state index contributed by atoms with van der Waals surface area (Å²) in [7, 11) is 0. The van der Waals surface area contributed by atoms with Crippen molar-refractivity contribution in [3.8, 4) is 0 Å². The minimum absolute atomic E-state index is 0.109. The van der Waals surface area contributed by atoms with Gasteiger partial charge in [0.25, 0.3) is 5.91 Å². The standard InChI is InChI=1S/C19H20BrNO3S/c20-17-7-6-16(25-17)19(23)24-13-18(22)21-10-8-15(9-11-21)12-14-4-2-1-3-5-14/h1-7,15H,8-13H2. The van der Waals surface area contributed by atoms with Crippen molar-refractivity contribution in [2.75, 3.05) is 19.7 Å². The summed E-state index contributed by atoms with van der Waals surface area (Å²) in [5.74, 6) is 0.0580. The molecule has 1 aromatic heterocycles. The number of hydrogen-bond acceptors (Lipinski definition) is 4. The van der Waals surface area contributed by atoms with E-state index in [2.05, 4.69) is 40.2 Å². The molecule has 0 spiro atoms. The fourth-order valence-electron chi connectivity index (χ4n) is 3.05. The highest BCUT2D eigenvalue weighted by atomic mass is 79.9. The lowest BCUT2D eigenvalue weighted by Crippen LogP contribution is -2.41. The Morgan fingerprint density at radius 3 is 2.48 bits per heavy atom. The quantitative estimate of drug-likeness (QED) is 0.681. The van der Waals surface area contributed by atoms with Gasteiger partial charge in [-0.05, 0) is 58.8 Å². The number of rotatable bonds is 5. The predicted molar refractivity (Wildman–Crippen MR) is 102 cm³/mol. The Balaban J connectivity index is 1.41. The van der Waals surface area contributed by atoms with Crippen LogP contribution in [0.4, 0.5) is 0 Å². The SMILES string of the molecule is O=C(OCC(=O)N1CCC(Cc2ccccc2)CC1)c1ccc(Br)s1. The zero-order valence-electron chi connectivity index (χ0n) is 13.8. The Morgan fingerprint density at radius 2 is 1.84 bits per heavy atom. The molecule has 0 radical (unpaired) electrons. The van der Waals surface area contributed by atoms with Crippen molar-refractivity contribution >= 4 is 39.1 Å². The van der Waals surface area contributed by atoms with Crippen LogP contribution < -0.4 is 0 Å². The molecule has 3 rings (SSSR count). The molecule has 6 heteroatoms. The largest absolute Gasteiger partial charge is 0.451 e. The minimum atomic E-state index is -0.442. The van der Waals surface area contributed by atoms with Crippen molar-refractivity contribution in [1.82, 2.24) is 4.90 Å². The summed E-state index contributed by atoms with van der Waals surface area (Å²) in [6.45, 7) is 1.29. The van der Waals surface area contributed by atoms with Gasteiger partial charge in [-0.25, -0.2) is 4.79 Å². The molecule has 1 fully saturated rings. The molecular formula is C19H20BrNO3S. The summed E-state index contributed by atoms with van der Waals surface area (Å²) in [5.41, 5.74) is 1.35. The first-order valence-corrected chi connectivity index (χ1v) is 9.97. The number of carbonyl (C=O) groups excluding carboxylic acids is 2. The second kappa shape index (κ2) is 8.63. The van der Waals surface area contributed by atoms with Crippen LogP contribution in [0.25, 0.3) is 0 Å². The molecule has 0 atom stereocenters. The van der Waals surface area contributed by atoms with Crippen molar-refractivity contribution in [2.24, 2.45) is 5.92 Å². The Hall–Kier alpha value is -1.66. The Labute approximate surface area is 159 Å². The fourth-order valence-corrected chi connectivity index (χ4v) is 4.33. The third-order valence-electron chi connectivity index (χ3n) is 4.44.